The fourth-order valence-corrected chi connectivity index (χ4v) is 2.77. The van der Waals surface area contributed by atoms with Gasteiger partial charge in [0.25, 0.3) is 0 Å². The first-order valence-electron chi connectivity index (χ1n) is 8.32. The van der Waals surface area contributed by atoms with Crippen LogP contribution < -0.4 is 10.1 Å². The van der Waals surface area contributed by atoms with E-state index in [0.29, 0.717) is 30.0 Å². The fourth-order valence-electron chi connectivity index (χ4n) is 2.77. The molecular weight excluding hydrogens is 359 g/mol. The van der Waals surface area contributed by atoms with Gasteiger partial charge in [0, 0.05) is 37.5 Å². The Morgan fingerprint density at radius 1 is 1.26 bits per heavy atom. The summed E-state index contributed by atoms with van der Waals surface area (Å²) in [6.07, 6.45) is -2.00. The van der Waals surface area contributed by atoms with E-state index in [1.54, 1.807) is 44.4 Å². The van der Waals surface area contributed by atoms with E-state index >= 15 is 0 Å². The molecule has 0 saturated carbocycles. The zero-order valence-electron chi connectivity index (χ0n) is 15.4. The molecule has 2 aromatic rings. The van der Waals surface area contributed by atoms with Gasteiger partial charge in [0.05, 0.1) is 0 Å². The minimum atomic E-state index is -4.36. The molecule has 146 valence electrons. The molecular formula is C19H22F3N3O2. The van der Waals surface area contributed by atoms with E-state index in [1.165, 1.54) is 0 Å². The van der Waals surface area contributed by atoms with Gasteiger partial charge in [-0.3, -0.25) is 9.69 Å². The molecule has 0 aliphatic carbocycles. The number of hydrogen-bond donors (Lipinski definition) is 1. The predicted molar refractivity (Wildman–Crippen MR) is 97.1 cm³/mol. The Morgan fingerprint density at radius 2 is 2.00 bits per heavy atom. The highest BCUT2D eigenvalue weighted by molar-refractivity contribution is 5.79. The first-order chi connectivity index (χ1) is 12.7. The van der Waals surface area contributed by atoms with Gasteiger partial charge in [-0.2, -0.15) is 13.2 Å². The second-order valence-corrected chi connectivity index (χ2v) is 6.27. The molecule has 2 rings (SSSR count). The predicted octanol–water partition coefficient (Wildman–Crippen LogP) is 3.82. The van der Waals surface area contributed by atoms with E-state index in [4.69, 9.17) is 4.74 Å². The van der Waals surface area contributed by atoms with Crippen LogP contribution in [0.15, 0.2) is 30.5 Å². The number of ether oxygens (including phenoxy) is 1. The quantitative estimate of drug-likeness (QED) is 0.705. The Balaban J connectivity index is 2.07. The van der Waals surface area contributed by atoms with Crippen LogP contribution in [0.3, 0.4) is 0 Å². The molecule has 0 spiro atoms. The number of rotatable bonds is 8. The molecule has 0 unspecified atom stereocenters. The van der Waals surface area contributed by atoms with Gasteiger partial charge in [0.2, 0.25) is 0 Å². The summed E-state index contributed by atoms with van der Waals surface area (Å²) in [6, 6.07) is 6.74. The number of nitrogens with zero attached hydrogens (tertiary/aromatic N) is 2. The molecule has 8 heteroatoms. The van der Waals surface area contributed by atoms with Crippen LogP contribution in [0, 0.1) is 6.92 Å². The number of aryl methyl sites for hydroxylation is 1. The van der Waals surface area contributed by atoms with Gasteiger partial charge in [-0.05, 0) is 37.2 Å². The second kappa shape index (κ2) is 8.85. The highest BCUT2D eigenvalue weighted by Crippen LogP contribution is 2.24. The first-order valence-corrected chi connectivity index (χ1v) is 8.32. The van der Waals surface area contributed by atoms with Crippen molar-refractivity contribution in [2.45, 2.75) is 26.2 Å². The van der Waals surface area contributed by atoms with Gasteiger partial charge in [-0.1, -0.05) is 12.1 Å². The molecule has 0 atom stereocenters. The van der Waals surface area contributed by atoms with E-state index in [-0.39, 0.29) is 5.75 Å². The number of hydrogen-bond acceptors (Lipinski definition) is 5. The minimum absolute atomic E-state index is 0.215. The van der Waals surface area contributed by atoms with Gasteiger partial charge in [0.15, 0.2) is 12.9 Å². The largest absolute Gasteiger partial charge is 0.484 e. The Hall–Kier alpha value is -2.61. The first kappa shape index (κ1) is 20.7. The van der Waals surface area contributed by atoms with E-state index in [2.05, 4.69) is 10.3 Å². The van der Waals surface area contributed by atoms with Crippen LogP contribution in [0.2, 0.25) is 0 Å². The smallest absolute Gasteiger partial charge is 0.422 e. The summed E-state index contributed by atoms with van der Waals surface area (Å²) in [6.45, 7) is 1.44. The topological polar surface area (TPSA) is 54.5 Å². The maximum atomic E-state index is 12.3. The Bertz CT molecular complexity index is 794. The molecule has 5 nitrogen and oxygen atoms in total. The standard InChI is InChI=1S/C19H22F3N3O2/c1-13-8-14(4-5-17(13)27-12-19(20,21)22)9-25(3)10-16-15(11-26)6-7-24-18(16)23-2/h4-8,11H,9-10,12H2,1-3H3,(H,23,24). The number of alkyl halides is 3. The lowest BCUT2D eigenvalue weighted by Crippen LogP contribution is -2.20. The number of aldehydes is 1. The number of anilines is 1. The normalized spacial score (nSPS) is 11.5. The molecule has 0 fully saturated rings. The summed E-state index contributed by atoms with van der Waals surface area (Å²) in [5.74, 6) is 0.852. The average molecular weight is 381 g/mol. The third-order valence-corrected chi connectivity index (χ3v) is 3.97. The molecule has 0 radical (unpaired) electrons. The second-order valence-electron chi connectivity index (χ2n) is 6.27. The van der Waals surface area contributed by atoms with Crippen molar-refractivity contribution in [1.82, 2.24) is 9.88 Å². The van der Waals surface area contributed by atoms with Crippen molar-refractivity contribution < 1.29 is 22.7 Å². The summed E-state index contributed by atoms with van der Waals surface area (Å²) >= 11 is 0. The van der Waals surface area contributed by atoms with Crippen LogP contribution in [-0.2, 0) is 13.1 Å². The zero-order chi connectivity index (χ0) is 20.0. The van der Waals surface area contributed by atoms with Crippen molar-refractivity contribution in [2.75, 3.05) is 26.0 Å². The number of pyridine rings is 1. The number of carbonyl (C=O) groups excluding carboxylic acids is 1. The number of aromatic nitrogens is 1. The number of carbonyl (C=O) groups is 1. The molecule has 0 bridgehead atoms. The molecule has 0 aliphatic heterocycles. The summed E-state index contributed by atoms with van der Waals surface area (Å²) < 4.78 is 41.7. The Labute approximate surface area is 156 Å². The molecule has 0 amide bonds. The molecule has 1 aromatic carbocycles. The van der Waals surface area contributed by atoms with Crippen LogP contribution in [-0.4, -0.2) is 43.0 Å². The minimum Gasteiger partial charge on any atom is -0.484 e. The Morgan fingerprint density at radius 3 is 2.59 bits per heavy atom. The lowest BCUT2D eigenvalue weighted by atomic mass is 10.1. The van der Waals surface area contributed by atoms with Crippen molar-refractivity contribution >= 4 is 12.1 Å². The monoisotopic (exact) mass is 381 g/mol. The van der Waals surface area contributed by atoms with Gasteiger partial charge < -0.3 is 10.1 Å². The van der Waals surface area contributed by atoms with Crippen LogP contribution in [0.1, 0.15) is 27.0 Å². The van der Waals surface area contributed by atoms with Crippen molar-refractivity contribution in [2.24, 2.45) is 0 Å². The number of halogens is 3. The van der Waals surface area contributed by atoms with Crippen molar-refractivity contribution in [1.29, 1.82) is 0 Å². The van der Waals surface area contributed by atoms with Gasteiger partial charge in [-0.25, -0.2) is 4.98 Å². The van der Waals surface area contributed by atoms with E-state index in [0.717, 1.165) is 17.4 Å². The van der Waals surface area contributed by atoms with Crippen LogP contribution >= 0.6 is 0 Å². The highest BCUT2D eigenvalue weighted by atomic mass is 19.4. The van der Waals surface area contributed by atoms with Crippen LogP contribution in [0.5, 0.6) is 5.75 Å². The molecule has 27 heavy (non-hydrogen) atoms. The lowest BCUT2D eigenvalue weighted by Gasteiger charge is -2.20. The molecule has 1 N–H and O–H groups in total. The van der Waals surface area contributed by atoms with Gasteiger partial charge in [0.1, 0.15) is 11.6 Å². The summed E-state index contributed by atoms with van der Waals surface area (Å²) in [5.41, 5.74) is 2.92. The van der Waals surface area contributed by atoms with E-state index in [1.807, 2.05) is 11.9 Å². The number of benzene rings is 1. The van der Waals surface area contributed by atoms with Crippen molar-refractivity contribution in [3.63, 3.8) is 0 Å². The van der Waals surface area contributed by atoms with E-state index < -0.39 is 12.8 Å². The Kier molecular flexibility index (Phi) is 6.79. The molecule has 0 aliphatic rings. The van der Waals surface area contributed by atoms with Crippen molar-refractivity contribution in [3.8, 4) is 5.75 Å². The third kappa shape index (κ3) is 5.96. The average Bonchev–Trinajstić information content (AvgIpc) is 2.60. The van der Waals surface area contributed by atoms with Gasteiger partial charge >= 0.3 is 6.18 Å². The molecule has 1 heterocycles. The van der Waals surface area contributed by atoms with Crippen LogP contribution in [0.4, 0.5) is 19.0 Å². The maximum Gasteiger partial charge on any atom is 0.422 e. The number of nitrogens with one attached hydrogen (secondary N) is 1. The zero-order valence-corrected chi connectivity index (χ0v) is 15.4. The molecule has 0 saturated heterocycles. The van der Waals surface area contributed by atoms with Gasteiger partial charge in [-0.15, -0.1) is 0 Å². The summed E-state index contributed by atoms with van der Waals surface area (Å²) in [5, 5.41) is 2.98. The SMILES string of the molecule is CNc1nccc(C=O)c1CN(C)Cc1ccc(OCC(F)(F)F)c(C)c1. The maximum absolute atomic E-state index is 12.3. The van der Waals surface area contributed by atoms with E-state index in [9.17, 15) is 18.0 Å². The summed E-state index contributed by atoms with van der Waals surface area (Å²) in [4.78, 5) is 17.5. The summed E-state index contributed by atoms with van der Waals surface area (Å²) in [7, 11) is 3.63. The van der Waals surface area contributed by atoms with Crippen LogP contribution in [0.25, 0.3) is 0 Å². The third-order valence-electron chi connectivity index (χ3n) is 3.97. The lowest BCUT2D eigenvalue weighted by molar-refractivity contribution is -0.153. The highest BCUT2D eigenvalue weighted by Gasteiger charge is 2.28. The van der Waals surface area contributed by atoms with Crippen molar-refractivity contribution in [3.05, 3.63) is 52.7 Å². The fraction of sp³-hybridized carbons (Fsp3) is 0.368. The molecule has 1 aromatic heterocycles.